The summed E-state index contributed by atoms with van der Waals surface area (Å²) in [4.78, 5) is 12.5. The van der Waals surface area contributed by atoms with Crippen molar-refractivity contribution in [3.05, 3.63) is 48.5 Å². The fourth-order valence-corrected chi connectivity index (χ4v) is 3.29. The lowest BCUT2D eigenvalue weighted by atomic mass is 10.2. The topological polar surface area (TPSA) is 84.9 Å². The molecule has 1 N–H and O–H groups in total. The lowest BCUT2D eigenvalue weighted by molar-refractivity contribution is -0.114. The first-order chi connectivity index (χ1) is 12.7. The molecule has 0 aliphatic heterocycles. The highest BCUT2D eigenvalue weighted by molar-refractivity contribution is 7.92. The zero-order valence-electron chi connectivity index (χ0n) is 15.8. The molecule has 0 radical (unpaired) electrons. The summed E-state index contributed by atoms with van der Waals surface area (Å²) in [6, 6.07) is 13.6. The van der Waals surface area contributed by atoms with Gasteiger partial charge in [0.2, 0.25) is 15.9 Å². The number of benzene rings is 2. The Hall–Kier alpha value is -2.74. The van der Waals surface area contributed by atoms with E-state index < -0.39 is 15.9 Å². The van der Waals surface area contributed by atoms with Crippen molar-refractivity contribution in [2.75, 3.05) is 29.5 Å². The summed E-state index contributed by atoms with van der Waals surface area (Å²) in [6.45, 7) is 3.31. The van der Waals surface area contributed by atoms with E-state index in [4.69, 9.17) is 9.47 Å². The van der Waals surface area contributed by atoms with Crippen LogP contribution in [0.5, 0.6) is 11.5 Å². The summed E-state index contributed by atoms with van der Waals surface area (Å²) in [6.07, 6.45) is 0.913. The summed E-state index contributed by atoms with van der Waals surface area (Å²) in [5, 5.41) is 2.68. The highest BCUT2D eigenvalue weighted by Crippen LogP contribution is 2.30. The zero-order valence-corrected chi connectivity index (χ0v) is 16.6. The maximum absolute atomic E-state index is 12.5. The maximum atomic E-state index is 12.5. The Morgan fingerprint density at radius 3 is 2.48 bits per heavy atom. The molecule has 0 unspecified atom stereocenters. The fourth-order valence-electron chi connectivity index (χ4n) is 2.43. The number of nitrogens with one attached hydrogen (secondary N) is 1. The van der Waals surface area contributed by atoms with E-state index in [0.717, 1.165) is 10.6 Å². The number of rotatable bonds is 8. The molecule has 2 rings (SSSR count). The first-order valence-corrected chi connectivity index (χ1v) is 10.2. The quantitative estimate of drug-likeness (QED) is 0.747. The van der Waals surface area contributed by atoms with Crippen molar-refractivity contribution >= 4 is 27.3 Å². The minimum atomic E-state index is -3.71. The Morgan fingerprint density at radius 1 is 1.15 bits per heavy atom. The molecule has 0 atom stereocenters. The molecule has 0 fully saturated rings. The largest absolute Gasteiger partial charge is 0.497 e. The Kier molecular flexibility index (Phi) is 6.68. The molecule has 8 heteroatoms. The minimum Gasteiger partial charge on any atom is -0.497 e. The van der Waals surface area contributed by atoms with Gasteiger partial charge < -0.3 is 14.8 Å². The second-order valence-electron chi connectivity index (χ2n) is 6.18. The van der Waals surface area contributed by atoms with Crippen molar-refractivity contribution in [3.8, 4) is 11.5 Å². The van der Waals surface area contributed by atoms with Gasteiger partial charge >= 0.3 is 0 Å². The van der Waals surface area contributed by atoms with E-state index >= 15 is 0 Å². The number of para-hydroxylation sites is 2. The van der Waals surface area contributed by atoms with Crippen LogP contribution in [-0.4, -0.2) is 40.3 Å². The van der Waals surface area contributed by atoms with Gasteiger partial charge in [-0.2, -0.15) is 0 Å². The molecule has 0 saturated heterocycles. The van der Waals surface area contributed by atoms with Gasteiger partial charge in [0.05, 0.1) is 25.2 Å². The van der Waals surface area contributed by atoms with Gasteiger partial charge in [0, 0.05) is 11.8 Å². The maximum Gasteiger partial charge on any atom is 0.245 e. The number of carbonyl (C=O) groups excluding carboxylic acids is 1. The van der Waals surface area contributed by atoms with Crippen LogP contribution >= 0.6 is 0 Å². The second kappa shape index (κ2) is 8.77. The van der Waals surface area contributed by atoms with Gasteiger partial charge in [-0.1, -0.05) is 18.2 Å². The predicted octanol–water partition coefficient (Wildman–Crippen LogP) is 2.89. The second-order valence-corrected chi connectivity index (χ2v) is 8.09. The molecule has 0 heterocycles. The molecule has 146 valence electrons. The van der Waals surface area contributed by atoms with Crippen LogP contribution in [0.25, 0.3) is 0 Å². The predicted molar refractivity (Wildman–Crippen MR) is 106 cm³/mol. The summed E-state index contributed by atoms with van der Waals surface area (Å²) in [5.74, 6) is 0.503. The standard InChI is InChI=1S/C19H24N2O5S/c1-14(2)26-18-11-6-5-10-17(18)21(27(4,23)24)13-19(22)20-15-8-7-9-16(12-15)25-3/h5-12,14H,13H2,1-4H3,(H,20,22). The van der Waals surface area contributed by atoms with Gasteiger partial charge in [-0.25, -0.2) is 8.42 Å². The van der Waals surface area contributed by atoms with Crippen molar-refractivity contribution < 1.29 is 22.7 Å². The third kappa shape index (κ3) is 5.89. The van der Waals surface area contributed by atoms with Crippen LogP contribution in [0.1, 0.15) is 13.8 Å². The number of hydrogen-bond donors (Lipinski definition) is 1. The lowest BCUT2D eigenvalue weighted by Crippen LogP contribution is -2.37. The number of anilines is 2. The summed E-state index contributed by atoms with van der Waals surface area (Å²) in [5.41, 5.74) is 0.828. The molecule has 0 bridgehead atoms. The monoisotopic (exact) mass is 392 g/mol. The molecule has 2 aromatic rings. The normalized spacial score (nSPS) is 11.1. The van der Waals surface area contributed by atoms with Crippen LogP contribution in [0.3, 0.4) is 0 Å². The molecule has 0 aliphatic rings. The van der Waals surface area contributed by atoms with Crippen molar-refractivity contribution in [2.24, 2.45) is 0 Å². The third-order valence-electron chi connectivity index (χ3n) is 3.54. The molecule has 27 heavy (non-hydrogen) atoms. The van der Waals surface area contributed by atoms with Crippen LogP contribution in [-0.2, 0) is 14.8 Å². The number of carbonyl (C=O) groups is 1. The zero-order chi connectivity index (χ0) is 20.0. The first kappa shape index (κ1) is 20.6. The summed E-state index contributed by atoms with van der Waals surface area (Å²) in [7, 11) is -2.18. The number of hydrogen-bond acceptors (Lipinski definition) is 5. The Morgan fingerprint density at radius 2 is 1.85 bits per heavy atom. The van der Waals surface area contributed by atoms with Crippen molar-refractivity contribution in [3.63, 3.8) is 0 Å². The molecule has 0 aliphatic carbocycles. The van der Waals surface area contributed by atoms with E-state index in [-0.39, 0.29) is 12.6 Å². The Bertz CT molecular complexity index is 896. The molecule has 0 saturated carbocycles. The van der Waals surface area contributed by atoms with Crippen LogP contribution in [0.2, 0.25) is 0 Å². The number of nitrogens with zero attached hydrogens (tertiary/aromatic N) is 1. The van der Waals surface area contributed by atoms with Gasteiger partial charge in [-0.05, 0) is 38.1 Å². The minimum absolute atomic E-state index is 0.141. The molecular formula is C19H24N2O5S. The van der Waals surface area contributed by atoms with Crippen LogP contribution in [0.15, 0.2) is 48.5 Å². The van der Waals surface area contributed by atoms with E-state index in [9.17, 15) is 13.2 Å². The average molecular weight is 392 g/mol. The third-order valence-corrected chi connectivity index (χ3v) is 4.66. The van der Waals surface area contributed by atoms with E-state index in [1.165, 1.54) is 7.11 Å². The molecular weight excluding hydrogens is 368 g/mol. The number of ether oxygens (including phenoxy) is 2. The van der Waals surface area contributed by atoms with Crippen LogP contribution < -0.4 is 19.1 Å². The number of amides is 1. The van der Waals surface area contributed by atoms with Gasteiger partial charge in [-0.15, -0.1) is 0 Å². The van der Waals surface area contributed by atoms with E-state index in [2.05, 4.69) is 5.32 Å². The molecule has 1 amide bonds. The molecule has 7 nitrogen and oxygen atoms in total. The highest BCUT2D eigenvalue weighted by atomic mass is 32.2. The van der Waals surface area contributed by atoms with Crippen LogP contribution in [0.4, 0.5) is 11.4 Å². The first-order valence-electron chi connectivity index (χ1n) is 8.38. The van der Waals surface area contributed by atoms with Gasteiger partial charge in [-0.3, -0.25) is 9.10 Å². The van der Waals surface area contributed by atoms with Crippen molar-refractivity contribution in [2.45, 2.75) is 20.0 Å². The SMILES string of the molecule is COc1cccc(NC(=O)CN(c2ccccc2OC(C)C)S(C)(=O)=O)c1. The fraction of sp³-hybridized carbons (Fsp3) is 0.316. The smallest absolute Gasteiger partial charge is 0.245 e. The molecule has 2 aromatic carbocycles. The van der Waals surface area contributed by atoms with Crippen molar-refractivity contribution in [1.29, 1.82) is 0 Å². The van der Waals surface area contributed by atoms with E-state index in [0.29, 0.717) is 22.9 Å². The number of sulfonamides is 1. The van der Waals surface area contributed by atoms with Gasteiger partial charge in [0.1, 0.15) is 18.0 Å². The lowest BCUT2D eigenvalue weighted by Gasteiger charge is -2.25. The van der Waals surface area contributed by atoms with E-state index in [1.54, 1.807) is 48.5 Å². The summed E-state index contributed by atoms with van der Waals surface area (Å²) < 4.78 is 36.5. The Labute approximate surface area is 160 Å². The highest BCUT2D eigenvalue weighted by Gasteiger charge is 2.24. The summed E-state index contributed by atoms with van der Waals surface area (Å²) >= 11 is 0. The van der Waals surface area contributed by atoms with Crippen molar-refractivity contribution in [1.82, 2.24) is 0 Å². The van der Waals surface area contributed by atoms with E-state index in [1.807, 2.05) is 13.8 Å². The van der Waals surface area contributed by atoms with Gasteiger partial charge in [0.25, 0.3) is 0 Å². The Balaban J connectivity index is 2.27. The van der Waals surface area contributed by atoms with Crippen LogP contribution in [0, 0.1) is 0 Å². The molecule has 0 aromatic heterocycles. The average Bonchev–Trinajstić information content (AvgIpc) is 2.59. The number of methoxy groups -OCH3 is 1. The van der Waals surface area contributed by atoms with Gasteiger partial charge in [0.15, 0.2) is 0 Å². The molecule has 0 spiro atoms.